The number of allylic oxidation sites excluding steroid dienone is 1. The van der Waals surface area contributed by atoms with Crippen LogP contribution in [0.5, 0.6) is 11.5 Å². The third-order valence-electron chi connectivity index (χ3n) is 4.02. The highest BCUT2D eigenvalue weighted by Crippen LogP contribution is 2.39. The molecule has 1 aliphatic heterocycles. The molecule has 0 N–H and O–H groups in total. The molecule has 0 saturated carbocycles. The van der Waals surface area contributed by atoms with E-state index in [1.165, 1.54) is 12.1 Å². The van der Waals surface area contributed by atoms with E-state index in [9.17, 15) is 14.0 Å². The minimum atomic E-state index is -0.643. The summed E-state index contributed by atoms with van der Waals surface area (Å²) in [5, 5.41) is 0. The molecule has 134 valence electrons. The number of rotatable bonds is 2. The molecule has 5 heteroatoms. The third kappa shape index (κ3) is 3.38. The molecule has 0 atom stereocenters. The van der Waals surface area contributed by atoms with Gasteiger partial charge in [0.1, 0.15) is 17.3 Å². The maximum Gasteiger partial charge on any atom is 0.316 e. The Bertz CT molecular complexity index is 918. The lowest BCUT2D eigenvalue weighted by atomic mass is 9.97. The number of halogens is 1. The zero-order chi connectivity index (χ0) is 19.1. The Balaban J connectivity index is 1.91. The lowest BCUT2D eigenvalue weighted by molar-refractivity contribution is -0.143. The minimum absolute atomic E-state index is 0.147. The van der Waals surface area contributed by atoms with Crippen molar-refractivity contribution in [1.82, 2.24) is 0 Å². The van der Waals surface area contributed by atoms with Crippen molar-refractivity contribution in [3.63, 3.8) is 0 Å². The summed E-state index contributed by atoms with van der Waals surface area (Å²) in [4.78, 5) is 24.6. The predicted molar refractivity (Wildman–Crippen MR) is 95.6 cm³/mol. The van der Waals surface area contributed by atoms with Crippen molar-refractivity contribution in [2.24, 2.45) is 5.41 Å². The molecule has 0 spiro atoms. The molecule has 1 aliphatic rings. The third-order valence-corrected chi connectivity index (χ3v) is 4.02. The number of Topliss-reactive ketones (excluding diaryl/α,β-unsaturated/α-hetero) is 1. The van der Waals surface area contributed by atoms with Crippen LogP contribution in [0.25, 0.3) is 6.08 Å². The molecule has 26 heavy (non-hydrogen) atoms. The van der Waals surface area contributed by atoms with Crippen molar-refractivity contribution in [1.29, 1.82) is 0 Å². The zero-order valence-corrected chi connectivity index (χ0v) is 15.1. The van der Waals surface area contributed by atoms with Gasteiger partial charge in [-0.1, -0.05) is 12.1 Å². The van der Waals surface area contributed by atoms with Crippen LogP contribution in [0.2, 0.25) is 0 Å². The summed E-state index contributed by atoms with van der Waals surface area (Å²) in [6.07, 6.45) is 1.56. The van der Waals surface area contributed by atoms with Gasteiger partial charge in [0.05, 0.1) is 11.0 Å². The van der Waals surface area contributed by atoms with Crippen LogP contribution < -0.4 is 9.47 Å². The summed E-state index contributed by atoms with van der Waals surface area (Å²) < 4.78 is 24.2. The van der Waals surface area contributed by atoms with Crippen LogP contribution in [0.3, 0.4) is 0 Å². The van der Waals surface area contributed by atoms with E-state index in [0.29, 0.717) is 28.2 Å². The number of carbonyl (C=O) groups excluding carboxylic acids is 2. The average Bonchev–Trinajstić information content (AvgIpc) is 2.88. The maximum absolute atomic E-state index is 13.0. The Morgan fingerprint density at radius 3 is 2.38 bits per heavy atom. The Morgan fingerprint density at radius 1 is 1.12 bits per heavy atom. The SMILES string of the molecule is Cc1c(OC(=O)C(C)(C)C)ccc2c1O/C(=C\c1ccc(F)cc1)C2=O. The fourth-order valence-corrected chi connectivity index (χ4v) is 2.44. The van der Waals surface area contributed by atoms with E-state index >= 15 is 0 Å². The van der Waals surface area contributed by atoms with E-state index in [4.69, 9.17) is 9.47 Å². The first-order chi connectivity index (χ1) is 12.2. The van der Waals surface area contributed by atoms with Gasteiger partial charge in [0.2, 0.25) is 5.78 Å². The van der Waals surface area contributed by atoms with Gasteiger partial charge in [0, 0.05) is 5.56 Å². The Labute approximate surface area is 151 Å². The number of esters is 1. The summed E-state index contributed by atoms with van der Waals surface area (Å²) in [7, 11) is 0. The van der Waals surface area contributed by atoms with Gasteiger partial charge in [-0.15, -0.1) is 0 Å². The molecular weight excluding hydrogens is 335 g/mol. The van der Waals surface area contributed by atoms with Gasteiger partial charge in [-0.2, -0.15) is 0 Å². The Kier molecular flexibility index (Phi) is 4.40. The van der Waals surface area contributed by atoms with Gasteiger partial charge in [-0.05, 0) is 63.6 Å². The highest BCUT2D eigenvalue weighted by molar-refractivity contribution is 6.15. The highest BCUT2D eigenvalue weighted by Gasteiger charge is 2.31. The number of fused-ring (bicyclic) bond motifs is 1. The summed E-state index contributed by atoms with van der Waals surface area (Å²) in [5.74, 6) is -0.0978. The van der Waals surface area contributed by atoms with Gasteiger partial charge in [-0.25, -0.2) is 4.39 Å². The lowest BCUT2D eigenvalue weighted by Gasteiger charge is -2.17. The molecule has 3 rings (SSSR count). The van der Waals surface area contributed by atoms with E-state index in [1.54, 1.807) is 58.0 Å². The lowest BCUT2D eigenvalue weighted by Crippen LogP contribution is -2.25. The smallest absolute Gasteiger partial charge is 0.316 e. The van der Waals surface area contributed by atoms with Gasteiger partial charge in [0.15, 0.2) is 5.76 Å². The fraction of sp³-hybridized carbons (Fsp3) is 0.238. The van der Waals surface area contributed by atoms with Gasteiger partial charge < -0.3 is 9.47 Å². The van der Waals surface area contributed by atoms with E-state index in [0.717, 1.165) is 0 Å². The molecule has 0 bridgehead atoms. The summed E-state index contributed by atoms with van der Waals surface area (Å²) in [6.45, 7) is 7.03. The molecule has 0 fully saturated rings. The Hall–Kier alpha value is -2.95. The first kappa shape index (κ1) is 17.9. The first-order valence-corrected chi connectivity index (χ1v) is 8.22. The molecule has 0 saturated heterocycles. The number of hydrogen-bond acceptors (Lipinski definition) is 4. The van der Waals surface area contributed by atoms with E-state index < -0.39 is 5.41 Å². The predicted octanol–water partition coefficient (Wildman–Crippen LogP) is 4.70. The zero-order valence-electron chi connectivity index (χ0n) is 15.1. The molecule has 0 aromatic heterocycles. The van der Waals surface area contributed by atoms with Crippen molar-refractivity contribution in [2.45, 2.75) is 27.7 Å². The second-order valence-electron chi connectivity index (χ2n) is 7.20. The van der Waals surface area contributed by atoms with Crippen molar-refractivity contribution in [3.05, 3.63) is 64.7 Å². The molecular formula is C21H19FO4. The highest BCUT2D eigenvalue weighted by atomic mass is 19.1. The Morgan fingerprint density at radius 2 is 1.77 bits per heavy atom. The summed E-state index contributed by atoms with van der Waals surface area (Å²) >= 11 is 0. The van der Waals surface area contributed by atoms with Crippen LogP contribution in [0.4, 0.5) is 4.39 Å². The van der Waals surface area contributed by atoms with Crippen LogP contribution in [0.1, 0.15) is 42.3 Å². The normalized spacial score (nSPS) is 15.0. The summed E-state index contributed by atoms with van der Waals surface area (Å²) in [5.41, 5.74) is 0.998. The van der Waals surface area contributed by atoms with Crippen LogP contribution in [0.15, 0.2) is 42.2 Å². The van der Waals surface area contributed by atoms with Crippen LogP contribution in [-0.4, -0.2) is 11.8 Å². The molecule has 2 aromatic rings. The van der Waals surface area contributed by atoms with Crippen molar-refractivity contribution >= 4 is 17.8 Å². The maximum atomic E-state index is 13.0. The second kappa shape index (κ2) is 6.41. The molecule has 2 aromatic carbocycles. The van der Waals surface area contributed by atoms with Gasteiger partial charge >= 0.3 is 5.97 Å². The molecule has 0 radical (unpaired) electrons. The van der Waals surface area contributed by atoms with Crippen molar-refractivity contribution < 1.29 is 23.5 Å². The fourth-order valence-electron chi connectivity index (χ4n) is 2.44. The monoisotopic (exact) mass is 354 g/mol. The molecule has 0 amide bonds. The number of benzene rings is 2. The minimum Gasteiger partial charge on any atom is -0.452 e. The molecule has 0 unspecified atom stereocenters. The summed E-state index contributed by atoms with van der Waals surface area (Å²) in [6, 6.07) is 8.93. The largest absolute Gasteiger partial charge is 0.452 e. The van der Waals surface area contributed by atoms with Crippen LogP contribution in [0, 0.1) is 18.2 Å². The quantitative estimate of drug-likeness (QED) is 0.446. The van der Waals surface area contributed by atoms with E-state index in [1.807, 2.05) is 0 Å². The van der Waals surface area contributed by atoms with E-state index in [-0.39, 0.29) is 23.3 Å². The molecule has 1 heterocycles. The average molecular weight is 354 g/mol. The second-order valence-corrected chi connectivity index (χ2v) is 7.20. The number of hydrogen-bond donors (Lipinski definition) is 0. The number of ketones is 1. The topological polar surface area (TPSA) is 52.6 Å². The van der Waals surface area contributed by atoms with Crippen LogP contribution in [-0.2, 0) is 4.79 Å². The molecule has 4 nitrogen and oxygen atoms in total. The van der Waals surface area contributed by atoms with Crippen molar-refractivity contribution in [3.8, 4) is 11.5 Å². The van der Waals surface area contributed by atoms with Gasteiger partial charge in [-0.3, -0.25) is 9.59 Å². The number of carbonyl (C=O) groups is 2. The van der Waals surface area contributed by atoms with Gasteiger partial charge in [0.25, 0.3) is 0 Å². The van der Waals surface area contributed by atoms with Crippen LogP contribution >= 0.6 is 0 Å². The number of ether oxygens (including phenoxy) is 2. The standard InChI is InChI=1S/C21H19FO4/c1-12-16(26-20(24)21(2,3)4)10-9-15-18(23)17(25-19(12)15)11-13-5-7-14(22)8-6-13/h5-11H,1-4H3/b17-11-. The molecule has 0 aliphatic carbocycles. The van der Waals surface area contributed by atoms with E-state index in [2.05, 4.69) is 0 Å². The first-order valence-electron chi connectivity index (χ1n) is 8.22. The van der Waals surface area contributed by atoms with Crippen molar-refractivity contribution in [2.75, 3.05) is 0 Å².